The number of carbonyl (C=O) groups is 3. The van der Waals surface area contributed by atoms with Crippen molar-refractivity contribution in [3.63, 3.8) is 0 Å². The van der Waals surface area contributed by atoms with Gasteiger partial charge in [-0.2, -0.15) is 0 Å². The van der Waals surface area contributed by atoms with E-state index in [9.17, 15) is 14.4 Å². The lowest BCUT2D eigenvalue weighted by Gasteiger charge is -2.22. The van der Waals surface area contributed by atoms with Crippen LogP contribution in [-0.4, -0.2) is 56.6 Å². The number of hydrogen-bond acceptors (Lipinski definition) is 4. The molecule has 1 unspecified atom stereocenters. The summed E-state index contributed by atoms with van der Waals surface area (Å²) in [6.45, 7) is 5.96. The molecule has 1 aromatic rings. The minimum Gasteiger partial charge on any atom is -0.467 e. The van der Waals surface area contributed by atoms with Crippen molar-refractivity contribution < 1.29 is 24.0 Å². The molecule has 3 N–H and O–H groups in total. The number of ether oxygens (including phenoxy) is 1. The Morgan fingerprint density at radius 3 is 2.19 bits per heavy atom. The van der Waals surface area contributed by atoms with Gasteiger partial charge in [-0.05, 0) is 26.3 Å². The molecule has 0 fully saturated rings. The zero-order valence-electron chi connectivity index (χ0n) is 16.2. The van der Waals surface area contributed by atoms with Gasteiger partial charge >= 0.3 is 5.97 Å². The number of quaternary nitrogens is 1. The first-order valence-corrected chi connectivity index (χ1v) is 8.64. The normalized spacial score (nSPS) is 13.4. The highest BCUT2D eigenvalue weighted by Gasteiger charge is 2.24. The lowest BCUT2D eigenvalue weighted by Crippen LogP contribution is -3.11. The molecule has 0 heterocycles. The van der Waals surface area contributed by atoms with Crippen LogP contribution < -0.4 is 15.5 Å². The Hall–Kier alpha value is -2.41. The number of benzene rings is 1. The van der Waals surface area contributed by atoms with E-state index >= 15 is 0 Å². The van der Waals surface area contributed by atoms with Crippen molar-refractivity contribution >= 4 is 17.8 Å². The van der Waals surface area contributed by atoms with Crippen LogP contribution in [0, 0.1) is 0 Å². The third-order valence-corrected chi connectivity index (χ3v) is 3.54. The van der Waals surface area contributed by atoms with Crippen LogP contribution in [0.2, 0.25) is 0 Å². The molecule has 2 atom stereocenters. The van der Waals surface area contributed by atoms with E-state index in [1.54, 1.807) is 7.05 Å². The highest BCUT2D eigenvalue weighted by molar-refractivity contribution is 5.85. The number of hydrogen-bond donors (Lipinski definition) is 3. The van der Waals surface area contributed by atoms with Crippen LogP contribution in [0.15, 0.2) is 30.3 Å². The second-order valence-corrected chi connectivity index (χ2v) is 7.44. The van der Waals surface area contributed by atoms with Crippen molar-refractivity contribution in [3.8, 4) is 0 Å². The average molecular weight is 364 g/mol. The summed E-state index contributed by atoms with van der Waals surface area (Å²) in [6.07, 6.45) is 0.350. The van der Waals surface area contributed by atoms with E-state index in [1.807, 2.05) is 51.1 Å². The molecule has 26 heavy (non-hydrogen) atoms. The quantitative estimate of drug-likeness (QED) is 0.533. The number of carbonyl (C=O) groups excluding carboxylic acids is 3. The Morgan fingerprint density at radius 1 is 1.08 bits per heavy atom. The van der Waals surface area contributed by atoms with E-state index in [1.165, 1.54) is 7.11 Å². The lowest BCUT2D eigenvalue weighted by atomic mass is 10.1. The first-order valence-electron chi connectivity index (χ1n) is 8.64. The maximum absolute atomic E-state index is 12.3. The molecule has 2 amide bonds. The second kappa shape index (κ2) is 9.91. The van der Waals surface area contributed by atoms with E-state index in [4.69, 9.17) is 4.74 Å². The molecule has 1 rings (SSSR count). The fourth-order valence-corrected chi connectivity index (χ4v) is 2.50. The average Bonchev–Trinajstić information content (AvgIpc) is 2.52. The van der Waals surface area contributed by atoms with Crippen LogP contribution >= 0.6 is 0 Å². The van der Waals surface area contributed by atoms with Crippen LogP contribution in [0.3, 0.4) is 0 Å². The maximum Gasteiger partial charge on any atom is 0.328 e. The third kappa shape index (κ3) is 8.62. The fourth-order valence-electron chi connectivity index (χ4n) is 2.50. The maximum atomic E-state index is 12.3. The van der Waals surface area contributed by atoms with Gasteiger partial charge < -0.3 is 20.3 Å². The lowest BCUT2D eigenvalue weighted by molar-refractivity contribution is -0.862. The topological polar surface area (TPSA) is 88.9 Å². The fraction of sp³-hybridized carbons (Fsp3) is 0.526. The van der Waals surface area contributed by atoms with E-state index in [0.717, 1.165) is 10.5 Å². The zero-order chi connectivity index (χ0) is 19.7. The summed E-state index contributed by atoms with van der Waals surface area (Å²) in [7, 11) is 3.05. The Balaban J connectivity index is 2.58. The number of methoxy groups -OCH3 is 1. The summed E-state index contributed by atoms with van der Waals surface area (Å²) in [5.74, 6) is -0.931. The molecule has 7 heteroatoms. The predicted molar refractivity (Wildman–Crippen MR) is 98.6 cm³/mol. The number of nitrogens with one attached hydrogen (secondary N) is 3. The standard InChI is InChI=1S/C19H29N3O4/c1-19(2,3)21-17(24)13-22(4)12-16(23)20-15(18(25)26-5)11-14-9-7-6-8-10-14/h6-10,15H,11-13H2,1-5H3,(H,20,23)(H,21,24)/p+1/t15-/m1/s1. The minimum absolute atomic E-state index is 0.0832. The van der Waals surface area contributed by atoms with E-state index < -0.39 is 12.0 Å². The molecule has 0 bridgehead atoms. The summed E-state index contributed by atoms with van der Waals surface area (Å²) in [4.78, 5) is 36.9. The summed E-state index contributed by atoms with van der Waals surface area (Å²) in [5.41, 5.74) is 0.610. The predicted octanol–water partition coefficient (Wildman–Crippen LogP) is -0.684. The minimum atomic E-state index is -0.758. The first kappa shape index (κ1) is 21.6. The highest BCUT2D eigenvalue weighted by Crippen LogP contribution is 2.04. The molecular weight excluding hydrogens is 334 g/mol. The highest BCUT2D eigenvalue weighted by atomic mass is 16.5. The van der Waals surface area contributed by atoms with Gasteiger partial charge in [0.2, 0.25) is 0 Å². The van der Waals surface area contributed by atoms with Crippen molar-refractivity contribution in [2.75, 3.05) is 27.2 Å². The number of likely N-dealkylation sites (N-methyl/N-ethyl adjacent to an activating group) is 1. The van der Waals surface area contributed by atoms with Crippen LogP contribution in [0.5, 0.6) is 0 Å². The van der Waals surface area contributed by atoms with Crippen molar-refractivity contribution in [3.05, 3.63) is 35.9 Å². The number of esters is 1. The molecule has 0 aromatic heterocycles. The van der Waals surface area contributed by atoms with Gasteiger partial charge in [0.1, 0.15) is 6.04 Å². The van der Waals surface area contributed by atoms with Crippen LogP contribution in [0.4, 0.5) is 0 Å². The molecule has 0 saturated heterocycles. The molecular formula is C19H30N3O4+. The summed E-state index contributed by atoms with van der Waals surface area (Å²) in [6, 6.07) is 8.64. The van der Waals surface area contributed by atoms with Gasteiger partial charge in [-0.1, -0.05) is 30.3 Å². The molecule has 0 aliphatic rings. The van der Waals surface area contributed by atoms with Crippen LogP contribution in [0.1, 0.15) is 26.3 Å². The van der Waals surface area contributed by atoms with Gasteiger partial charge in [0, 0.05) is 12.0 Å². The van der Waals surface area contributed by atoms with Gasteiger partial charge in [-0.25, -0.2) is 4.79 Å². The Morgan fingerprint density at radius 2 is 1.65 bits per heavy atom. The molecule has 7 nitrogen and oxygen atoms in total. The Labute approximate surface area is 155 Å². The van der Waals surface area contributed by atoms with Gasteiger partial charge in [0.25, 0.3) is 11.8 Å². The molecule has 0 aliphatic carbocycles. The van der Waals surface area contributed by atoms with Gasteiger partial charge in [-0.3, -0.25) is 9.59 Å². The summed E-state index contributed by atoms with van der Waals surface area (Å²) >= 11 is 0. The van der Waals surface area contributed by atoms with Gasteiger partial charge in [-0.15, -0.1) is 0 Å². The van der Waals surface area contributed by atoms with Crippen LogP contribution in [-0.2, 0) is 25.5 Å². The SMILES string of the molecule is COC(=O)[C@@H](Cc1ccccc1)NC(=O)C[NH+](C)CC(=O)NC(C)(C)C. The van der Waals surface area contributed by atoms with E-state index in [-0.39, 0.29) is 30.4 Å². The Kier molecular flexibility index (Phi) is 8.25. The monoisotopic (exact) mass is 364 g/mol. The summed E-state index contributed by atoms with van der Waals surface area (Å²) in [5, 5.41) is 5.56. The smallest absolute Gasteiger partial charge is 0.328 e. The molecule has 0 aliphatic heterocycles. The molecule has 144 valence electrons. The number of amides is 2. The molecule has 1 aromatic carbocycles. The molecule has 0 saturated carbocycles. The van der Waals surface area contributed by atoms with Gasteiger partial charge in [0.05, 0.1) is 14.2 Å². The van der Waals surface area contributed by atoms with Crippen molar-refractivity contribution in [2.45, 2.75) is 38.8 Å². The molecule has 0 radical (unpaired) electrons. The third-order valence-electron chi connectivity index (χ3n) is 3.54. The van der Waals surface area contributed by atoms with Crippen molar-refractivity contribution in [1.29, 1.82) is 0 Å². The second-order valence-electron chi connectivity index (χ2n) is 7.44. The largest absolute Gasteiger partial charge is 0.467 e. The zero-order valence-corrected chi connectivity index (χ0v) is 16.2. The van der Waals surface area contributed by atoms with E-state index in [0.29, 0.717) is 6.42 Å². The van der Waals surface area contributed by atoms with Crippen molar-refractivity contribution in [1.82, 2.24) is 10.6 Å². The Bertz CT molecular complexity index is 611. The van der Waals surface area contributed by atoms with Crippen molar-refractivity contribution in [2.24, 2.45) is 0 Å². The van der Waals surface area contributed by atoms with Gasteiger partial charge in [0.15, 0.2) is 13.1 Å². The van der Waals surface area contributed by atoms with Crippen LogP contribution in [0.25, 0.3) is 0 Å². The summed E-state index contributed by atoms with van der Waals surface area (Å²) < 4.78 is 4.79. The van der Waals surface area contributed by atoms with E-state index in [2.05, 4.69) is 10.6 Å². The molecule has 0 spiro atoms. The first-order chi connectivity index (χ1) is 12.1. The number of rotatable bonds is 8.